The summed E-state index contributed by atoms with van der Waals surface area (Å²) < 4.78 is 5.34. The number of aryl methyl sites for hydroxylation is 2. The molecule has 1 rings (SSSR count). The van der Waals surface area contributed by atoms with Crippen LogP contribution in [0.25, 0.3) is 0 Å². The Bertz CT molecular complexity index is 307. The minimum Gasteiger partial charge on any atom is -0.496 e. The molecule has 2 nitrogen and oxygen atoms in total. The maximum atomic E-state index is 5.76. The van der Waals surface area contributed by atoms with Crippen LogP contribution in [0.3, 0.4) is 0 Å². The molecule has 1 unspecified atom stereocenters. The summed E-state index contributed by atoms with van der Waals surface area (Å²) in [4.78, 5) is 0. The van der Waals surface area contributed by atoms with E-state index in [1.165, 1.54) is 11.1 Å². The average molecular weight is 207 g/mol. The lowest BCUT2D eigenvalue weighted by Crippen LogP contribution is -2.15. The van der Waals surface area contributed by atoms with Gasteiger partial charge in [0.05, 0.1) is 7.11 Å². The first-order chi connectivity index (χ1) is 7.17. The molecule has 0 aliphatic carbocycles. The fourth-order valence-corrected chi connectivity index (χ4v) is 1.63. The Hall–Kier alpha value is -1.02. The molecule has 2 heteroatoms. The summed E-state index contributed by atoms with van der Waals surface area (Å²) >= 11 is 0. The van der Waals surface area contributed by atoms with E-state index in [1.54, 1.807) is 7.11 Å². The second kappa shape index (κ2) is 5.76. The summed E-state index contributed by atoms with van der Waals surface area (Å²) in [5.74, 6) is 0.979. The molecule has 0 radical (unpaired) electrons. The highest BCUT2D eigenvalue weighted by atomic mass is 16.5. The van der Waals surface area contributed by atoms with E-state index in [0.29, 0.717) is 0 Å². The number of ether oxygens (including phenoxy) is 1. The highest BCUT2D eigenvalue weighted by Crippen LogP contribution is 2.21. The van der Waals surface area contributed by atoms with Gasteiger partial charge in [-0.25, -0.2) is 0 Å². The van der Waals surface area contributed by atoms with Crippen LogP contribution in [0.4, 0.5) is 0 Å². The molecule has 0 saturated heterocycles. The Morgan fingerprint density at radius 2 is 2.13 bits per heavy atom. The maximum Gasteiger partial charge on any atom is 0.122 e. The zero-order valence-corrected chi connectivity index (χ0v) is 9.92. The first-order valence-electron chi connectivity index (χ1n) is 5.58. The van der Waals surface area contributed by atoms with Crippen molar-refractivity contribution in [2.75, 3.05) is 7.11 Å². The van der Waals surface area contributed by atoms with Crippen molar-refractivity contribution in [3.8, 4) is 5.75 Å². The molecule has 2 N–H and O–H groups in total. The summed E-state index contributed by atoms with van der Waals surface area (Å²) in [7, 11) is 1.72. The summed E-state index contributed by atoms with van der Waals surface area (Å²) in [5, 5.41) is 0. The third-order valence-electron chi connectivity index (χ3n) is 2.62. The van der Waals surface area contributed by atoms with E-state index in [0.717, 1.165) is 25.0 Å². The van der Waals surface area contributed by atoms with Gasteiger partial charge in [0, 0.05) is 6.04 Å². The maximum absolute atomic E-state index is 5.76. The minimum absolute atomic E-state index is 0.250. The Morgan fingerprint density at radius 1 is 1.40 bits per heavy atom. The third-order valence-corrected chi connectivity index (χ3v) is 2.62. The van der Waals surface area contributed by atoms with Crippen molar-refractivity contribution in [1.29, 1.82) is 0 Å². The van der Waals surface area contributed by atoms with E-state index in [2.05, 4.69) is 25.1 Å². The van der Waals surface area contributed by atoms with Gasteiger partial charge >= 0.3 is 0 Å². The van der Waals surface area contributed by atoms with E-state index < -0.39 is 0 Å². The first kappa shape index (κ1) is 12.1. The van der Waals surface area contributed by atoms with Gasteiger partial charge in [-0.3, -0.25) is 0 Å². The predicted octanol–water partition coefficient (Wildman–Crippen LogP) is 2.54. The molecule has 0 heterocycles. The molecule has 0 aliphatic heterocycles. The molecule has 84 valence electrons. The van der Waals surface area contributed by atoms with Gasteiger partial charge in [0.1, 0.15) is 5.75 Å². The van der Waals surface area contributed by atoms with Gasteiger partial charge < -0.3 is 10.5 Å². The van der Waals surface area contributed by atoms with Crippen LogP contribution >= 0.6 is 0 Å². The second-order valence-corrected chi connectivity index (χ2v) is 4.02. The van der Waals surface area contributed by atoms with Crippen LogP contribution in [-0.2, 0) is 12.8 Å². The number of benzene rings is 1. The topological polar surface area (TPSA) is 35.2 Å². The van der Waals surface area contributed by atoms with Crippen molar-refractivity contribution in [2.24, 2.45) is 5.73 Å². The van der Waals surface area contributed by atoms with Crippen molar-refractivity contribution in [3.63, 3.8) is 0 Å². The Morgan fingerprint density at radius 3 is 2.67 bits per heavy atom. The summed E-state index contributed by atoms with van der Waals surface area (Å²) in [6, 6.07) is 6.64. The first-order valence-corrected chi connectivity index (χ1v) is 5.58. The Balaban J connectivity index is 2.81. The molecule has 0 aliphatic rings. The Kier molecular flexibility index (Phi) is 4.63. The monoisotopic (exact) mass is 207 g/mol. The van der Waals surface area contributed by atoms with E-state index in [9.17, 15) is 0 Å². The molecule has 1 atom stereocenters. The van der Waals surface area contributed by atoms with Crippen LogP contribution in [-0.4, -0.2) is 13.2 Å². The molecule has 0 bridgehead atoms. The molecule has 15 heavy (non-hydrogen) atoms. The van der Waals surface area contributed by atoms with Gasteiger partial charge in [0.2, 0.25) is 0 Å². The number of rotatable bonds is 5. The molecular weight excluding hydrogens is 186 g/mol. The van der Waals surface area contributed by atoms with Crippen LogP contribution in [0, 0.1) is 0 Å². The van der Waals surface area contributed by atoms with E-state index >= 15 is 0 Å². The average Bonchev–Trinajstić information content (AvgIpc) is 2.25. The molecule has 0 aromatic heterocycles. The predicted molar refractivity (Wildman–Crippen MR) is 64.3 cm³/mol. The highest BCUT2D eigenvalue weighted by molar-refractivity contribution is 5.37. The van der Waals surface area contributed by atoms with Crippen molar-refractivity contribution in [1.82, 2.24) is 0 Å². The van der Waals surface area contributed by atoms with Crippen molar-refractivity contribution >= 4 is 0 Å². The quantitative estimate of drug-likeness (QED) is 0.805. The van der Waals surface area contributed by atoms with Gasteiger partial charge in [-0.05, 0) is 43.4 Å². The fraction of sp³-hybridized carbons (Fsp3) is 0.538. The summed E-state index contributed by atoms with van der Waals surface area (Å²) in [5.41, 5.74) is 8.39. The summed E-state index contributed by atoms with van der Waals surface area (Å²) in [6.07, 6.45) is 3.06. The van der Waals surface area contributed by atoms with Gasteiger partial charge in [-0.15, -0.1) is 0 Å². The van der Waals surface area contributed by atoms with Crippen LogP contribution < -0.4 is 10.5 Å². The fourth-order valence-electron chi connectivity index (χ4n) is 1.63. The lowest BCUT2D eigenvalue weighted by Gasteiger charge is -2.11. The van der Waals surface area contributed by atoms with Crippen LogP contribution in [0.1, 0.15) is 31.4 Å². The smallest absolute Gasteiger partial charge is 0.122 e. The molecule has 1 aromatic carbocycles. The van der Waals surface area contributed by atoms with Crippen molar-refractivity contribution in [3.05, 3.63) is 29.3 Å². The third kappa shape index (κ3) is 3.56. The van der Waals surface area contributed by atoms with Crippen LogP contribution in [0.2, 0.25) is 0 Å². The number of nitrogens with two attached hydrogens (primary N) is 1. The number of hydrogen-bond acceptors (Lipinski definition) is 2. The highest BCUT2D eigenvalue weighted by Gasteiger charge is 2.05. The van der Waals surface area contributed by atoms with Crippen LogP contribution in [0.5, 0.6) is 5.75 Å². The molecule has 0 spiro atoms. The largest absolute Gasteiger partial charge is 0.496 e. The summed E-state index contributed by atoms with van der Waals surface area (Å²) in [6.45, 7) is 4.20. The number of hydrogen-bond donors (Lipinski definition) is 1. The second-order valence-electron chi connectivity index (χ2n) is 4.02. The molecule has 0 saturated carbocycles. The van der Waals surface area contributed by atoms with Crippen LogP contribution in [0.15, 0.2) is 18.2 Å². The minimum atomic E-state index is 0.250. The van der Waals surface area contributed by atoms with Gasteiger partial charge in [-0.1, -0.05) is 19.1 Å². The van der Waals surface area contributed by atoms with Crippen molar-refractivity contribution < 1.29 is 4.74 Å². The van der Waals surface area contributed by atoms with E-state index in [4.69, 9.17) is 10.5 Å². The van der Waals surface area contributed by atoms with E-state index in [1.807, 2.05) is 6.92 Å². The molecule has 0 amide bonds. The normalized spacial score (nSPS) is 12.5. The SMILES string of the molecule is CCc1ccc(OC)c(CCC(C)N)c1. The lowest BCUT2D eigenvalue weighted by atomic mass is 10.0. The van der Waals surface area contributed by atoms with Crippen molar-refractivity contribution in [2.45, 2.75) is 39.2 Å². The molecule has 0 fully saturated rings. The lowest BCUT2D eigenvalue weighted by molar-refractivity contribution is 0.408. The van der Waals surface area contributed by atoms with Gasteiger partial charge in [-0.2, -0.15) is 0 Å². The number of methoxy groups -OCH3 is 1. The van der Waals surface area contributed by atoms with E-state index in [-0.39, 0.29) is 6.04 Å². The Labute approximate surface area is 92.4 Å². The van der Waals surface area contributed by atoms with Gasteiger partial charge in [0.25, 0.3) is 0 Å². The van der Waals surface area contributed by atoms with Gasteiger partial charge in [0.15, 0.2) is 0 Å². The standard InChI is InChI=1S/C13H21NO/c1-4-11-6-8-13(15-3)12(9-11)7-5-10(2)14/h6,8-10H,4-5,7,14H2,1-3H3. The zero-order valence-electron chi connectivity index (χ0n) is 9.92. The molecule has 1 aromatic rings. The zero-order chi connectivity index (χ0) is 11.3. The molecular formula is C13H21NO.